The van der Waals surface area contributed by atoms with Crippen molar-refractivity contribution in [3.63, 3.8) is 0 Å². The van der Waals surface area contributed by atoms with Gasteiger partial charge in [0.2, 0.25) is 0 Å². The molecule has 7 heteroatoms. The maximum atomic E-state index is 14.2. The van der Waals surface area contributed by atoms with Crippen LogP contribution < -0.4 is 5.73 Å². The molecule has 4 atom stereocenters. The number of halogens is 1. The molecule has 1 saturated heterocycles. The van der Waals surface area contributed by atoms with E-state index in [1.165, 1.54) is 12.7 Å². The van der Waals surface area contributed by atoms with Crippen molar-refractivity contribution in [1.29, 1.82) is 0 Å². The lowest BCUT2D eigenvalue weighted by molar-refractivity contribution is -0.0138. The van der Waals surface area contributed by atoms with E-state index in [2.05, 4.69) is 15.0 Å². The number of aromatic nitrogens is 4. The fraction of sp³-hybridized carbons (Fsp3) is 0.545. The van der Waals surface area contributed by atoms with Gasteiger partial charge in [0.25, 0.3) is 0 Å². The van der Waals surface area contributed by atoms with Crippen LogP contribution in [0.1, 0.15) is 13.2 Å². The van der Waals surface area contributed by atoms with E-state index < -0.39 is 12.4 Å². The quantitative estimate of drug-likeness (QED) is 0.848. The van der Waals surface area contributed by atoms with E-state index in [9.17, 15) is 4.39 Å². The Kier molecular flexibility index (Phi) is 2.71. The number of imidazole rings is 1. The number of nitrogens with two attached hydrogens (primary N) is 1. The monoisotopic (exact) mass is 251 g/mol. The molecule has 0 bridgehead atoms. The number of nitrogens with zero attached hydrogens (tertiary/aromatic N) is 4. The average Bonchev–Trinajstić information content (AvgIpc) is 2.93. The molecular formula is C11H14FN5O. The number of rotatable bonds is 2. The molecule has 1 aliphatic heterocycles. The number of ether oxygens (including phenoxy) is 1. The van der Waals surface area contributed by atoms with E-state index in [1.54, 1.807) is 17.7 Å². The van der Waals surface area contributed by atoms with Crippen molar-refractivity contribution in [3.8, 4) is 0 Å². The molecule has 0 saturated carbocycles. The van der Waals surface area contributed by atoms with Crippen LogP contribution in [0.3, 0.4) is 0 Å². The van der Waals surface area contributed by atoms with E-state index in [4.69, 9.17) is 10.5 Å². The van der Waals surface area contributed by atoms with Crippen LogP contribution in [0.25, 0.3) is 11.2 Å². The van der Waals surface area contributed by atoms with E-state index in [0.717, 1.165) is 0 Å². The van der Waals surface area contributed by atoms with Gasteiger partial charge in [0.05, 0.1) is 18.6 Å². The Balaban J connectivity index is 2.00. The van der Waals surface area contributed by atoms with Gasteiger partial charge in [-0.15, -0.1) is 0 Å². The molecule has 0 radical (unpaired) electrons. The van der Waals surface area contributed by atoms with Gasteiger partial charge in [-0.3, -0.25) is 4.57 Å². The zero-order valence-corrected chi connectivity index (χ0v) is 9.90. The van der Waals surface area contributed by atoms with Crippen LogP contribution in [0.2, 0.25) is 0 Å². The summed E-state index contributed by atoms with van der Waals surface area (Å²) in [5.74, 6) is -0.237. The van der Waals surface area contributed by atoms with Crippen LogP contribution in [0.4, 0.5) is 4.39 Å². The van der Waals surface area contributed by atoms with Crippen molar-refractivity contribution in [3.05, 3.63) is 18.9 Å². The highest BCUT2D eigenvalue weighted by atomic mass is 19.1. The molecule has 18 heavy (non-hydrogen) atoms. The number of fused-ring (bicyclic) bond motifs is 1. The van der Waals surface area contributed by atoms with Gasteiger partial charge in [0.15, 0.2) is 18.0 Å². The van der Waals surface area contributed by atoms with E-state index in [1.807, 2.05) is 0 Å². The summed E-state index contributed by atoms with van der Waals surface area (Å²) in [6.07, 6.45) is 2.42. The van der Waals surface area contributed by atoms with Gasteiger partial charge in [0.1, 0.15) is 11.8 Å². The first-order valence-corrected chi connectivity index (χ1v) is 5.84. The molecule has 2 aromatic rings. The van der Waals surface area contributed by atoms with Crippen molar-refractivity contribution in [2.75, 3.05) is 6.54 Å². The van der Waals surface area contributed by atoms with Crippen molar-refractivity contribution >= 4 is 11.2 Å². The predicted octanol–water partition coefficient (Wildman–Crippen LogP) is 0.657. The maximum Gasteiger partial charge on any atom is 0.168 e. The van der Waals surface area contributed by atoms with Gasteiger partial charge >= 0.3 is 0 Å². The minimum atomic E-state index is -1.12. The molecule has 1 fully saturated rings. The van der Waals surface area contributed by atoms with Gasteiger partial charge in [-0.2, -0.15) is 0 Å². The number of hydrogen-bond acceptors (Lipinski definition) is 5. The fourth-order valence-electron chi connectivity index (χ4n) is 2.30. The molecule has 2 aromatic heterocycles. The third-order valence-corrected chi connectivity index (χ3v) is 3.42. The van der Waals surface area contributed by atoms with Crippen molar-refractivity contribution in [1.82, 2.24) is 19.5 Å². The lowest BCUT2D eigenvalue weighted by Gasteiger charge is -2.15. The molecule has 3 heterocycles. The summed E-state index contributed by atoms with van der Waals surface area (Å²) in [5.41, 5.74) is 6.77. The molecule has 1 aliphatic rings. The first kappa shape index (κ1) is 11.5. The third kappa shape index (κ3) is 1.58. The lowest BCUT2D eigenvalue weighted by atomic mass is 10.0. The molecule has 0 spiro atoms. The molecule has 2 N–H and O–H groups in total. The molecule has 96 valence electrons. The Hall–Kier alpha value is -1.60. The zero-order chi connectivity index (χ0) is 12.7. The molecule has 0 aliphatic carbocycles. The summed E-state index contributed by atoms with van der Waals surface area (Å²) >= 11 is 0. The highest BCUT2D eigenvalue weighted by Gasteiger charge is 2.43. The molecule has 0 unspecified atom stereocenters. The maximum absolute atomic E-state index is 14.2. The Morgan fingerprint density at radius 2 is 2.33 bits per heavy atom. The smallest absolute Gasteiger partial charge is 0.168 e. The molecular weight excluding hydrogens is 237 g/mol. The minimum absolute atomic E-state index is 0.237. The highest BCUT2D eigenvalue weighted by Crippen LogP contribution is 2.36. The molecule has 6 nitrogen and oxygen atoms in total. The van der Waals surface area contributed by atoms with Crippen molar-refractivity contribution < 1.29 is 9.13 Å². The zero-order valence-electron chi connectivity index (χ0n) is 9.90. The predicted molar refractivity (Wildman–Crippen MR) is 62.3 cm³/mol. The van der Waals surface area contributed by atoms with E-state index in [-0.39, 0.29) is 12.0 Å². The number of hydrogen-bond donors (Lipinski definition) is 1. The van der Waals surface area contributed by atoms with Gasteiger partial charge in [-0.1, -0.05) is 6.92 Å². The first-order chi connectivity index (χ1) is 8.72. The van der Waals surface area contributed by atoms with Gasteiger partial charge in [-0.25, -0.2) is 19.3 Å². The Bertz CT molecular complexity index is 559. The second-order valence-electron chi connectivity index (χ2n) is 4.49. The summed E-state index contributed by atoms with van der Waals surface area (Å²) in [6.45, 7) is 2.11. The minimum Gasteiger partial charge on any atom is -0.350 e. The third-order valence-electron chi connectivity index (χ3n) is 3.42. The van der Waals surface area contributed by atoms with E-state index in [0.29, 0.717) is 17.7 Å². The normalized spacial score (nSPS) is 32.2. The summed E-state index contributed by atoms with van der Waals surface area (Å²) in [4.78, 5) is 12.1. The summed E-state index contributed by atoms with van der Waals surface area (Å²) in [5, 5.41) is 0. The van der Waals surface area contributed by atoms with Crippen LogP contribution in [-0.2, 0) is 4.74 Å². The SMILES string of the molecule is C[C@H]1[C@@H](F)[C@H](n2cnc3cncnc32)O[C@@H]1CN. The van der Waals surface area contributed by atoms with Crippen LogP contribution in [0.5, 0.6) is 0 Å². The molecule has 0 aromatic carbocycles. The first-order valence-electron chi connectivity index (χ1n) is 5.84. The van der Waals surface area contributed by atoms with Crippen molar-refractivity contribution in [2.24, 2.45) is 11.7 Å². The van der Waals surface area contributed by atoms with Gasteiger partial charge in [0, 0.05) is 12.5 Å². The van der Waals surface area contributed by atoms with E-state index >= 15 is 0 Å². The van der Waals surface area contributed by atoms with Crippen molar-refractivity contribution in [2.45, 2.75) is 25.4 Å². The lowest BCUT2D eigenvalue weighted by Crippen LogP contribution is -2.26. The van der Waals surface area contributed by atoms with Gasteiger partial charge < -0.3 is 10.5 Å². The summed E-state index contributed by atoms with van der Waals surface area (Å²) in [7, 11) is 0. The Morgan fingerprint density at radius 1 is 1.50 bits per heavy atom. The molecule has 0 amide bonds. The Morgan fingerprint density at radius 3 is 3.06 bits per heavy atom. The summed E-state index contributed by atoms with van der Waals surface area (Å²) in [6, 6.07) is 0. The van der Waals surface area contributed by atoms with Crippen LogP contribution in [0.15, 0.2) is 18.9 Å². The average molecular weight is 251 g/mol. The molecule has 3 rings (SSSR count). The number of alkyl halides is 1. The largest absolute Gasteiger partial charge is 0.350 e. The standard InChI is InChI=1S/C11H14FN5O/c1-6-8(2-13)18-11(9(6)12)17-5-16-7-3-14-4-15-10(7)17/h3-6,8-9,11H,2,13H2,1H3/t6-,8-,9-,11-/m1/s1. The van der Waals surface area contributed by atoms with Crippen LogP contribution in [0, 0.1) is 5.92 Å². The highest BCUT2D eigenvalue weighted by molar-refractivity contribution is 5.68. The van der Waals surface area contributed by atoms with Crippen LogP contribution in [-0.4, -0.2) is 38.3 Å². The second-order valence-corrected chi connectivity index (χ2v) is 4.49. The topological polar surface area (TPSA) is 78.8 Å². The van der Waals surface area contributed by atoms with Crippen LogP contribution >= 0.6 is 0 Å². The summed E-state index contributed by atoms with van der Waals surface area (Å²) < 4.78 is 21.5. The fourth-order valence-corrected chi connectivity index (χ4v) is 2.30. The Labute approximate surface area is 103 Å². The second kappa shape index (κ2) is 4.25. The van der Waals surface area contributed by atoms with Gasteiger partial charge in [-0.05, 0) is 0 Å².